The van der Waals surface area contributed by atoms with Crippen molar-refractivity contribution in [2.24, 2.45) is 5.92 Å². The van der Waals surface area contributed by atoms with Gasteiger partial charge in [0.15, 0.2) is 11.5 Å². The van der Waals surface area contributed by atoms with Crippen LogP contribution < -0.4 is 19.5 Å². The molecule has 0 radical (unpaired) electrons. The van der Waals surface area contributed by atoms with Crippen LogP contribution in [0.25, 0.3) is 0 Å². The van der Waals surface area contributed by atoms with Crippen LogP contribution in [0.2, 0.25) is 0 Å². The zero-order chi connectivity index (χ0) is 34.8. The number of thiazole rings is 1. The van der Waals surface area contributed by atoms with Gasteiger partial charge in [-0.2, -0.15) is 9.40 Å². The molecule has 14 nitrogen and oxygen atoms in total. The molecule has 1 amide bonds. The van der Waals surface area contributed by atoms with Crippen molar-refractivity contribution in [1.82, 2.24) is 19.5 Å². The molecular formula is C33H39N5O9S2. The first-order valence-electron chi connectivity index (χ1n) is 15.6. The third-order valence-electron chi connectivity index (χ3n) is 7.22. The van der Waals surface area contributed by atoms with Gasteiger partial charge < -0.3 is 29.0 Å². The molecular weight excluding hydrogens is 675 g/mol. The van der Waals surface area contributed by atoms with Crippen LogP contribution in [-0.2, 0) is 42.1 Å². The highest BCUT2D eigenvalue weighted by molar-refractivity contribution is 7.89. The predicted molar refractivity (Wildman–Crippen MR) is 180 cm³/mol. The second kappa shape index (κ2) is 16.7. The molecule has 16 heteroatoms. The standard InChI is InChI=1S/C33H39N5O9S2/c1-22(2)15-38(49(41,42)28-10-11-29-30(14-28)46-21-45-29)16-27(47-33(40)19-43-18-32(39)36-31-12-13-34-37-31)9-6-24-4-7-26(8-5-24)44-17-25-20-48-23(3)35-25/h4-5,7-8,10-14,20,22,27H,6,9,15-19,21H2,1-3H3,(H2,34,36,37,39). The number of carbonyl (C=O) groups excluding carboxylic acids is 2. The van der Waals surface area contributed by atoms with Crippen LogP contribution in [0, 0.1) is 12.8 Å². The lowest BCUT2D eigenvalue weighted by molar-refractivity contribution is -0.155. The number of aromatic amines is 1. The van der Waals surface area contributed by atoms with Crippen LogP contribution in [0.3, 0.4) is 0 Å². The van der Waals surface area contributed by atoms with Gasteiger partial charge in [0.05, 0.1) is 28.3 Å². The number of esters is 1. The zero-order valence-corrected chi connectivity index (χ0v) is 29.1. The average molecular weight is 714 g/mol. The fourth-order valence-corrected chi connectivity index (χ4v) is 7.20. The Morgan fingerprint density at radius 2 is 1.86 bits per heavy atom. The summed E-state index contributed by atoms with van der Waals surface area (Å²) in [4.78, 5) is 29.5. The van der Waals surface area contributed by atoms with Gasteiger partial charge in [-0.25, -0.2) is 18.2 Å². The lowest BCUT2D eigenvalue weighted by atomic mass is 10.1. The summed E-state index contributed by atoms with van der Waals surface area (Å²) in [7, 11) is -4.02. The Hall–Kier alpha value is -4.51. The molecule has 0 bridgehead atoms. The summed E-state index contributed by atoms with van der Waals surface area (Å²) in [5.74, 6) is 0.636. The van der Waals surface area contributed by atoms with Crippen molar-refractivity contribution in [3.05, 3.63) is 76.4 Å². The van der Waals surface area contributed by atoms with Gasteiger partial charge in [0, 0.05) is 24.1 Å². The number of benzene rings is 2. The Morgan fingerprint density at radius 3 is 2.57 bits per heavy atom. The second-order valence-corrected chi connectivity index (χ2v) is 14.7. The lowest BCUT2D eigenvalue weighted by Gasteiger charge is -2.28. The van der Waals surface area contributed by atoms with Gasteiger partial charge in [-0.05, 0) is 55.5 Å². The molecule has 1 atom stereocenters. The number of amides is 1. The number of H-pyrrole nitrogens is 1. The highest BCUT2D eigenvalue weighted by Gasteiger charge is 2.31. The van der Waals surface area contributed by atoms with Crippen LogP contribution in [-0.4, -0.2) is 79.0 Å². The molecule has 0 saturated heterocycles. The van der Waals surface area contributed by atoms with E-state index in [1.54, 1.807) is 23.5 Å². The van der Waals surface area contributed by atoms with Gasteiger partial charge in [0.1, 0.15) is 37.5 Å². The first-order chi connectivity index (χ1) is 23.5. The summed E-state index contributed by atoms with van der Waals surface area (Å²) in [6.07, 6.45) is 1.45. The molecule has 2 aromatic carbocycles. The third-order valence-corrected chi connectivity index (χ3v) is 9.87. The molecule has 1 aliphatic rings. The van der Waals surface area contributed by atoms with E-state index in [-0.39, 0.29) is 30.7 Å². The van der Waals surface area contributed by atoms with Crippen LogP contribution in [0.1, 0.15) is 36.5 Å². The molecule has 0 aliphatic carbocycles. The number of fused-ring (bicyclic) bond motifs is 1. The van der Waals surface area contributed by atoms with Gasteiger partial charge in [0.25, 0.3) is 5.91 Å². The molecule has 0 spiro atoms. The first kappa shape index (κ1) is 35.8. The van der Waals surface area contributed by atoms with Crippen LogP contribution >= 0.6 is 11.3 Å². The number of nitrogens with one attached hydrogen (secondary N) is 2. The van der Waals surface area contributed by atoms with Crippen molar-refractivity contribution in [2.75, 3.05) is 38.4 Å². The summed E-state index contributed by atoms with van der Waals surface area (Å²) < 4.78 is 56.9. The topological polar surface area (TPSA) is 171 Å². The monoisotopic (exact) mass is 713 g/mol. The summed E-state index contributed by atoms with van der Waals surface area (Å²) in [6, 6.07) is 13.6. The van der Waals surface area contributed by atoms with E-state index in [0.717, 1.165) is 16.3 Å². The minimum atomic E-state index is -4.02. The van der Waals surface area contributed by atoms with E-state index in [0.29, 0.717) is 42.5 Å². The summed E-state index contributed by atoms with van der Waals surface area (Å²) >= 11 is 1.57. The fraction of sp³-hybridized carbons (Fsp3) is 0.394. The summed E-state index contributed by atoms with van der Waals surface area (Å²) in [5, 5.41) is 11.8. The maximum absolute atomic E-state index is 13.9. The average Bonchev–Trinajstić information content (AvgIpc) is 3.85. The number of aryl methyl sites for hydroxylation is 2. The highest BCUT2D eigenvalue weighted by atomic mass is 32.2. The molecule has 2 aromatic heterocycles. The Labute approximate surface area is 288 Å². The fourth-order valence-electron chi connectivity index (χ4n) is 4.95. The smallest absolute Gasteiger partial charge is 0.332 e. The maximum atomic E-state index is 13.9. The third kappa shape index (κ3) is 10.5. The number of anilines is 1. The molecule has 3 heterocycles. The van der Waals surface area contributed by atoms with Crippen LogP contribution in [0.4, 0.5) is 5.82 Å². The number of carbonyl (C=O) groups is 2. The van der Waals surface area contributed by atoms with Crippen molar-refractivity contribution in [3.63, 3.8) is 0 Å². The molecule has 262 valence electrons. The Kier molecular flexibility index (Phi) is 12.2. The molecule has 1 unspecified atom stereocenters. The molecule has 1 aliphatic heterocycles. The number of hydrogen-bond acceptors (Lipinski definition) is 12. The number of nitrogens with zero attached hydrogens (tertiary/aromatic N) is 3. The number of ether oxygens (including phenoxy) is 5. The maximum Gasteiger partial charge on any atom is 0.332 e. The van der Waals surface area contributed by atoms with E-state index in [2.05, 4.69) is 20.5 Å². The van der Waals surface area contributed by atoms with E-state index in [1.165, 1.54) is 22.6 Å². The van der Waals surface area contributed by atoms with Crippen LogP contribution in [0.5, 0.6) is 17.2 Å². The number of aromatic nitrogens is 3. The zero-order valence-electron chi connectivity index (χ0n) is 27.4. The SMILES string of the molecule is Cc1nc(COc2ccc(CCC(CN(CC(C)C)S(=O)(=O)c3ccc4c(c3)OCO4)OC(=O)COCC(=O)Nc3ccn[nH]3)cc2)cs1. The first-order valence-corrected chi connectivity index (χ1v) is 18.0. The van der Waals surface area contributed by atoms with E-state index in [4.69, 9.17) is 23.7 Å². The molecule has 4 aromatic rings. The van der Waals surface area contributed by atoms with Crippen LogP contribution in [0.15, 0.2) is 65.0 Å². The predicted octanol–water partition coefficient (Wildman–Crippen LogP) is 4.33. The molecule has 2 N–H and O–H groups in total. The van der Waals surface area contributed by atoms with E-state index in [1.807, 2.05) is 50.4 Å². The molecule has 0 saturated carbocycles. The van der Waals surface area contributed by atoms with Crippen molar-refractivity contribution in [1.29, 1.82) is 0 Å². The lowest BCUT2D eigenvalue weighted by Crippen LogP contribution is -2.41. The summed E-state index contributed by atoms with van der Waals surface area (Å²) in [5.41, 5.74) is 1.80. The number of sulfonamides is 1. The van der Waals surface area contributed by atoms with Crippen molar-refractivity contribution < 1.29 is 41.7 Å². The summed E-state index contributed by atoms with van der Waals surface area (Å²) in [6.45, 7) is 5.31. The van der Waals surface area contributed by atoms with E-state index < -0.39 is 41.2 Å². The van der Waals surface area contributed by atoms with Crippen molar-refractivity contribution in [2.45, 2.75) is 51.2 Å². The van der Waals surface area contributed by atoms with Gasteiger partial charge in [-0.15, -0.1) is 11.3 Å². The van der Waals surface area contributed by atoms with Crippen molar-refractivity contribution >= 4 is 39.1 Å². The number of hydrogen-bond donors (Lipinski definition) is 2. The molecule has 0 fully saturated rings. The number of rotatable bonds is 18. The van der Waals surface area contributed by atoms with E-state index >= 15 is 0 Å². The highest BCUT2D eigenvalue weighted by Crippen LogP contribution is 2.35. The largest absolute Gasteiger partial charge is 0.487 e. The van der Waals surface area contributed by atoms with Crippen molar-refractivity contribution in [3.8, 4) is 17.2 Å². The van der Waals surface area contributed by atoms with Gasteiger partial charge >= 0.3 is 5.97 Å². The molecule has 49 heavy (non-hydrogen) atoms. The Morgan fingerprint density at radius 1 is 1.06 bits per heavy atom. The second-order valence-electron chi connectivity index (χ2n) is 11.7. The molecule has 5 rings (SSSR count). The minimum Gasteiger partial charge on any atom is -0.487 e. The Bertz CT molecular complexity index is 1790. The van der Waals surface area contributed by atoms with E-state index in [9.17, 15) is 18.0 Å². The Balaban J connectivity index is 1.25. The normalized spacial score (nSPS) is 13.1. The van der Waals surface area contributed by atoms with Gasteiger partial charge in [-0.3, -0.25) is 9.89 Å². The minimum absolute atomic E-state index is 0.0120. The van der Waals surface area contributed by atoms with Gasteiger partial charge in [0.2, 0.25) is 16.8 Å². The van der Waals surface area contributed by atoms with Gasteiger partial charge in [-0.1, -0.05) is 26.0 Å². The quantitative estimate of drug-likeness (QED) is 0.141.